The Hall–Kier alpha value is -0.870. The van der Waals surface area contributed by atoms with E-state index < -0.39 is 11.4 Å². The van der Waals surface area contributed by atoms with Crippen molar-refractivity contribution in [1.82, 2.24) is 4.90 Å². The van der Waals surface area contributed by atoms with Crippen LogP contribution in [0.25, 0.3) is 0 Å². The minimum atomic E-state index is -0.629. The normalized spacial score (nSPS) is 25.9. The topological polar surface area (TPSA) is 40.5 Å². The number of piperidine rings is 1. The third-order valence-corrected chi connectivity index (χ3v) is 4.61. The molecule has 17 heavy (non-hydrogen) atoms. The van der Waals surface area contributed by atoms with E-state index in [1.807, 2.05) is 13.0 Å². The highest BCUT2D eigenvalue weighted by Gasteiger charge is 2.40. The number of likely N-dealkylation sites (tertiary alicyclic amines) is 1. The average molecular weight is 253 g/mol. The molecule has 0 spiro atoms. The van der Waals surface area contributed by atoms with Crippen LogP contribution >= 0.6 is 11.3 Å². The zero-order chi connectivity index (χ0) is 12.3. The van der Waals surface area contributed by atoms with Gasteiger partial charge >= 0.3 is 5.97 Å². The van der Waals surface area contributed by atoms with Crippen LogP contribution in [0.15, 0.2) is 17.5 Å². The summed E-state index contributed by atoms with van der Waals surface area (Å²) < 4.78 is 0. The standard InChI is InChI=1S/C13H19NO2S/c1-2-13(12(15)16)6-4-7-14(10-13)9-11-5-3-8-17-11/h3,5,8H,2,4,6-7,9-10H2,1H3,(H,15,16). The molecule has 1 aliphatic heterocycles. The molecule has 0 radical (unpaired) electrons. The van der Waals surface area contributed by atoms with E-state index in [4.69, 9.17) is 0 Å². The van der Waals surface area contributed by atoms with Crippen molar-refractivity contribution >= 4 is 17.3 Å². The van der Waals surface area contributed by atoms with Gasteiger partial charge in [-0.3, -0.25) is 9.69 Å². The molecule has 0 amide bonds. The van der Waals surface area contributed by atoms with Crippen molar-refractivity contribution in [1.29, 1.82) is 0 Å². The SMILES string of the molecule is CCC1(C(=O)O)CCCN(Cc2cccs2)C1. The van der Waals surface area contributed by atoms with Crippen LogP contribution in [-0.4, -0.2) is 29.1 Å². The van der Waals surface area contributed by atoms with Crippen molar-refractivity contribution < 1.29 is 9.90 Å². The fraction of sp³-hybridized carbons (Fsp3) is 0.615. The molecule has 2 heterocycles. The van der Waals surface area contributed by atoms with Crippen LogP contribution in [0.2, 0.25) is 0 Å². The molecule has 0 bridgehead atoms. The van der Waals surface area contributed by atoms with Crippen molar-refractivity contribution in [2.24, 2.45) is 5.41 Å². The van der Waals surface area contributed by atoms with E-state index in [1.165, 1.54) is 4.88 Å². The van der Waals surface area contributed by atoms with Gasteiger partial charge in [-0.05, 0) is 37.3 Å². The third kappa shape index (κ3) is 2.69. The van der Waals surface area contributed by atoms with Crippen molar-refractivity contribution in [2.45, 2.75) is 32.7 Å². The first-order chi connectivity index (χ1) is 8.16. The average Bonchev–Trinajstić information content (AvgIpc) is 2.82. The Bertz CT molecular complexity index is 377. The lowest BCUT2D eigenvalue weighted by Crippen LogP contribution is -2.47. The first-order valence-corrected chi connectivity index (χ1v) is 7.02. The summed E-state index contributed by atoms with van der Waals surface area (Å²) in [6.45, 7) is 4.60. The van der Waals surface area contributed by atoms with Gasteiger partial charge in [0, 0.05) is 18.0 Å². The number of aliphatic carboxylic acids is 1. The van der Waals surface area contributed by atoms with Crippen LogP contribution in [-0.2, 0) is 11.3 Å². The lowest BCUT2D eigenvalue weighted by Gasteiger charge is -2.39. The van der Waals surface area contributed by atoms with Gasteiger partial charge in [-0.25, -0.2) is 0 Å². The van der Waals surface area contributed by atoms with E-state index in [1.54, 1.807) is 11.3 Å². The van der Waals surface area contributed by atoms with Crippen LogP contribution in [0.5, 0.6) is 0 Å². The molecule has 4 heteroatoms. The number of hydrogen-bond acceptors (Lipinski definition) is 3. The Balaban J connectivity index is 2.03. The molecule has 1 atom stereocenters. The molecular weight excluding hydrogens is 234 g/mol. The van der Waals surface area contributed by atoms with E-state index >= 15 is 0 Å². The molecule has 1 saturated heterocycles. The maximum Gasteiger partial charge on any atom is 0.310 e. The maximum atomic E-state index is 11.4. The molecule has 3 nitrogen and oxygen atoms in total. The predicted octanol–water partition coefficient (Wildman–Crippen LogP) is 2.82. The van der Waals surface area contributed by atoms with Crippen LogP contribution in [0, 0.1) is 5.41 Å². The number of rotatable bonds is 4. The summed E-state index contributed by atoms with van der Waals surface area (Å²) >= 11 is 1.74. The summed E-state index contributed by atoms with van der Waals surface area (Å²) in [6.07, 6.45) is 2.54. The van der Waals surface area contributed by atoms with Gasteiger partial charge in [-0.15, -0.1) is 11.3 Å². The van der Waals surface area contributed by atoms with E-state index in [0.717, 1.165) is 32.4 Å². The number of thiophene rings is 1. The fourth-order valence-electron chi connectivity index (χ4n) is 2.60. The van der Waals surface area contributed by atoms with Crippen molar-refractivity contribution in [3.63, 3.8) is 0 Å². The van der Waals surface area contributed by atoms with E-state index in [-0.39, 0.29) is 0 Å². The molecule has 94 valence electrons. The predicted molar refractivity (Wildman–Crippen MR) is 69.2 cm³/mol. The third-order valence-electron chi connectivity index (χ3n) is 3.75. The number of hydrogen-bond donors (Lipinski definition) is 1. The van der Waals surface area contributed by atoms with Crippen molar-refractivity contribution in [3.05, 3.63) is 22.4 Å². The lowest BCUT2D eigenvalue weighted by atomic mass is 9.77. The largest absolute Gasteiger partial charge is 0.481 e. The molecular formula is C13H19NO2S. The molecule has 0 aliphatic carbocycles. The number of carboxylic acid groups (broad SMARTS) is 1. The van der Waals surface area contributed by atoms with Crippen LogP contribution < -0.4 is 0 Å². The molecule has 1 N–H and O–H groups in total. The van der Waals surface area contributed by atoms with Gasteiger partial charge in [-0.2, -0.15) is 0 Å². The summed E-state index contributed by atoms with van der Waals surface area (Å²) in [7, 11) is 0. The Kier molecular flexibility index (Phi) is 3.84. The first kappa shape index (κ1) is 12.6. The highest BCUT2D eigenvalue weighted by atomic mass is 32.1. The van der Waals surface area contributed by atoms with Crippen LogP contribution in [0.3, 0.4) is 0 Å². The van der Waals surface area contributed by atoms with E-state index in [0.29, 0.717) is 6.54 Å². The molecule has 2 rings (SSSR count). The van der Waals surface area contributed by atoms with E-state index in [9.17, 15) is 9.90 Å². The Morgan fingerprint density at radius 1 is 1.65 bits per heavy atom. The second-order valence-corrected chi connectivity index (χ2v) is 5.86. The summed E-state index contributed by atoms with van der Waals surface area (Å²) in [6, 6.07) is 4.17. The molecule has 1 aromatic rings. The summed E-state index contributed by atoms with van der Waals surface area (Å²) in [5.74, 6) is -0.629. The number of carboxylic acids is 1. The zero-order valence-electron chi connectivity index (χ0n) is 10.2. The minimum Gasteiger partial charge on any atom is -0.481 e. The minimum absolute atomic E-state index is 0.518. The lowest BCUT2D eigenvalue weighted by molar-refractivity contribution is -0.153. The quantitative estimate of drug-likeness (QED) is 0.897. The Morgan fingerprint density at radius 2 is 2.47 bits per heavy atom. The van der Waals surface area contributed by atoms with Gasteiger partial charge < -0.3 is 5.11 Å². The molecule has 1 fully saturated rings. The Morgan fingerprint density at radius 3 is 3.06 bits per heavy atom. The molecule has 1 aromatic heterocycles. The Labute approximate surface area is 106 Å². The van der Waals surface area contributed by atoms with Gasteiger partial charge in [0.1, 0.15) is 0 Å². The molecule has 1 aliphatic rings. The van der Waals surface area contributed by atoms with Crippen LogP contribution in [0.1, 0.15) is 31.1 Å². The first-order valence-electron chi connectivity index (χ1n) is 6.14. The second-order valence-electron chi connectivity index (χ2n) is 4.83. The van der Waals surface area contributed by atoms with Crippen molar-refractivity contribution in [2.75, 3.05) is 13.1 Å². The fourth-order valence-corrected chi connectivity index (χ4v) is 3.35. The highest BCUT2D eigenvalue weighted by Crippen LogP contribution is 2.34. The van der Waals surface area contributed by atoms with Gasteiger partial charge in [-0.1, -0.05) is 13.0 Å². The van der Waals surface area contributed by atoms with Crippen LogP contribution in [0.4, 0.5) is 0 Å². The smallest absolute Gasteiger partial charge is 0.310 e. The van der Waals surface area contributed by atoms with E-state index in [2.05, 4.69) is 16.3 Å². The molecule has 0 aromatic carbocycles. The monoisotopic (exact) mass is 253 g/mol. The maximum absolute atomic E-state index is 11.4. The highest BCUT2D eigenvalue weighted by molar-refractivity contribution is 7.09. The number of nitrogens with zero attached hydrogens (tertiary/aromatic N) is 1. The van der Waals surface area contributed by atoms with Gasteiger partial charge in [0.15, 0.2) is 0 Å². The summed E-state index contributed by atoms with van der Waals surface area (Å²) in [5.41, 5.74) is -0.518. The second kappa shape index (κ2) is 5.19. The zero-order valence-corrected chi connectivity index (χ0v) is 11.0. The van der Waals surface area contributed by atoms with Gasteiger partial charge in [0.2, 0.25) is 0 Å². The molecule has 0 saturated carbocycles. The van der Waals surface area contributed by atoms with Gasteiger partial charge in [0.05, 0.1) is 5.41 Å². The van der Waals surface area contributed by atoms with Gasteiger partial charge in [0.25, 0.3) is 0 Å². The van der Waals surface area contributed by atoms with Crippen molar-refractivity contribution in [3.8, 4) is 0 Å². The summed E-state index contributed by atoms with van der Waals surface area (Å²) in [5, 5.41) is 11.5. The number of carbonyl (C=O) groups is 1. The summed E-state index contributed by atoms with van der Waals surface area (Å²) in [4.78, 5) is 15.0. The molecule has 1 unspecified atom stereocenters.